The number of carbonyl (C=O) groups excluding carboxylic acids is 2. The molecule has 0 aliphatic rings. The maximum atomic E-state index is 13.6. The van der Waals surface area contributed by atoms with Crippen molar-refractivity contribution >= 4 is 29.1 Å². The van der Waals surface area contributed by atoms with Crippen LogP contribution in [-0.2, 0) is 4.79 Å². The molecule has 0 saturated heterocycles. The van der Waals surface area contributed by atoms with Crippen molar-refractivity contribution in [2.75, 3.05) is 18.9 Å². The highest BCUT2D eigenvalue weighted by atomic mass is 35.5. The van der Waals surface area contributed by atoms with Gasteiger partial charge in [0, 0.05) is 23.8 Å². The second kappa shape index (κ2) is 7.19. The van der Waals surface area contributed by atoms with Gasteiger partial charge in [0.15, 0.2) is 0 Å². The van der Waals surface area contributed by atoms with Crippen LogP contribution in [0.5, 0.6) is 0 Å². The molecule has 0 saturated carbocycles. The van der Waals surface area contributed by atoms with Crippen LogP contribution in [0.3, 0.4) is 0 Å². The molecule has 0 heterocycles. The molecule has 0 atom stereocenters. The minimum Gasteiger partial charge on any atom is -0.332 e. The van der Waals surface area contributed by atoms with E-state index in [4.69, 9.17) is 11.6 Å². The highest BCUT2D eigenvalue weighted by Crippen LogP contribution is 2.15. The zero-order chi connectivity index (χ0) is 17.0. The Kier molecular flexibility index (Phi) is 5.28. The van der Waals surface area contributed by atoms with Crippen molar-refractivity contribution < 1.29 is 18.4 Å². The van der Waals surface area contributed by atoms with Crippen molar-refractivity contribution in [2.24, 2.45) is 0 Å². The first-order valence-electron chi connectivity index (χ1n) is 6.63. The van der Waals surface area contributed by atoms with Crippen molar-refractivity contribution in [3.8, 4) is 0 Å². The molecule has 2 aromatic rings. The molecule has 0 aromatic heterocycles. The standard InChI is InChI=1S/C16H13ClF2N2O2/c1-21(16(23)13-6-5-11(18)8-14(13)19)9-15(22)20-12-4-2-3-10(17)7-12/h2-8H,9H2,1H3,(H,20,22). The van der Waals surface area contributed by atoms with E-state index in [1.165, 1.54) is 7.05 Å². The highest BCUT2D eigenvalue weighted by molar-refractivity contribution is 6.30. The van der Waals surface area contributed by atoms with E-state index in [1.54, 1.807) is 24.3 Å². The Bertz CT molecular complexity index is 753. The number of halogens is 3. The van der Waals surface area contributed by atoms with E-state index in [2.05, 4.69) is 5.32 Å². The Balaban J connectivity index is 2.01. The monoisotopic (exact) mass is 338 g/mol. The first-order valence-corrected chi connectivity index (χ1v) is 7.00. The number of likely N-dealkylation sites (N-methyl/N-ethyl adjacent to an activating group) is 1. The summed E-state index contributed by atoms with van der Waals surface area (Å²) in [5.41, 5.74) is 0.181. The van der Waals surface area contributed by atoms with Gasteiger partial charge in [-0.25, -0.2) is 8.78 Å². The zero-order valence-electron chi connectivity index (χ0n) is 12.1. The lowest BCUT2D eigenvalue weighted by Crippen LogP contribution is -2.35. The predicted octanol–water partition coefficient (Wildman–Crippen LogP) is 3.33. The molecule has 2 amide bonds. The molecule has 4 nitrogen and oxygen atoms in total. The van der Waals surface area contributed by atoms with Gasteiger partial charge in [0.25, 0.3) is 5.91 Å². The number of amides is 2. The summed E-state index contributed by atoms with van der Waals surface area (Å²) in [7, 11) is 1.35. The number of anilines is 1. The molecule has 1 N–H and O–H groups in total. The smallest absolute Gasteiger partial charge is 0.257 e. The van der Waals surface area contributed by atoms with Crippen LogP contribution in [0.2, 0.25) is 5.02 Å². The van der Waals surface area contributed by atoms with Crippen LogP contribution in [-0.4, -0.2) is 30.3 Å². The van der Waals surface area contributed by atoms with Gasteiger partial charge in [-0.15, -0.1) is 0 Å². The summed E-state index contributed by atoms with van der Waals surface area (Å²) in [6.07, 6.45) is 0. The largest absolute Gasteiger partial charge is 0.332 e. The SMILES string of the molecule is CN(CC(=O)Nc1cccc(Cl)c1)C(=O)c1ccc(F)cc1F. The van der Waals surface area contributed by atoms with Crippen molar-refractivity contribution in [2.45, 2.75) is 0 Å². The Labute approximate surface area is 136 Å². The molecule has 0 unspecified atom stereocenters. The van der Waals surface area contributed by atoms with E-state index in [1.807, 2.05) is 0 Å². The summed E-state index contributed by atoms with van der Waals surface area (Å²) < 4.78 is 26.4. The zero-order valence-corrected chi connectivity index (χ0v) is 12.9. The molecule has 0 spiro atoms. The molecule has 23 heavy (non-hydrogen) atoms. The molecular formula is C16H13ClF2N2O2. The first kappa shape index (κ1) is 16.9. The van der Waals surface area contributed by atoms with Crippen molar-refractivity contribution in [1.29, 1.82) is 0 Å². The molecule has 0 aliphatic carbocycles. The number of hydrogen-bond donors (Lipinski definition) is 1. The van der Waals surface area contributed by atoms with Gasteiger partial charge >= 0.3 is 0 Å². The average Bonchev–Trinajstić information content (AvgIpc) is 2.46. The number of hydrogen-bond acceptors (Lipinski definition) is 2. The third kappa shape index (κ3) is 4.50. The summed E-state index contributed by atoms with van der Waals surface area (Å²) in [4.78, 5) is 25.0. The van der Waals surface area contributed by atoms with Gasteiger partial charge in [-0.05, 0) is 30.3 Å². The quantitative estimate of drug-likeness (QED) is 0.929. The fourth-order valence-corrected chi connectivity index (χ4v) is 2.11. The van der Waals surface area contributed by atoms with E-state index >= 15 is 0 Å². The van der Waals surface area contributed by atoms with Gasteiger partial charge in [0.05, 0.1) is 12.1 Å². The normalized spacial score (nSPS) is 10.3. The molecule has 2 rings (SSSR count). The van der Waals surface area contributed by atoms with Gasteiger partial charge in [-0.2, -0.15) is 0 Å². The Morgan fingerprint density at radius 3 is 2.57 bits per heavy atom. The van der Waals surface area contributed by atoms with Crippen molar-refractivity contribution in [3.63, 3.8) is 0 Å². The Morgan fingerprint density at radius 1 is 1.17 bits per heavy atom. The molecular weight excluding hydrogens is 326 g/mol. The number of nitrogens with one attached hydrogen (secondary N) is 1. The minimum atomic E-state index is -0.975. The van der Waals surface area contributed by atoms with Gasteiger partial charge in [-0.1, -0.05) is 17.7 Å². The maximum absolute atomic E-state index is 13.6. The van der Waals surface area contributed by atoms with Crippen LogP contribution >= 0.6 is 11.6 Å². The summed E-state index contributed by atoms with van der Waals surface area (Å²) in [5, 5.41) is 3.03. The fraction of sp³-hybridized carbons (Fsp3) is 0.125. The molecule has 2 aromatic carbocycles. The number of rotatable bonds is 4. The third-order valence-corrected chi connectivity index (χ3v) is 3.23. The number of carbonyl (C=O) groups is 2. The fourth-order valence-electron chi connectivity index (χ4n) is 1.92. The Morgan fingerprint density at radius 2 is 1.91 bits per heavy atom. The number of nitrogens with zero attached hydrogens (tertiary/aromatic N) is 1. The summed E-state index contributed by atoms with van der Waals surface area (Å²) in [6, 6.07) is 9.17. The summed E-state index contributed by atoms with van der Waals surface area (Å²) in [6.45, 7) is -0.290. The Hall–Kier alpha value is -2.47. The first-order chi connectivity index (χ1) is 10.9. The molecule has 0 bridgehead atoms. The second-order valence-electron chi connectivity index (χ2n) is 4.84. The van der Waals surface area contributed by atoms with Gasteiger partial charge < -0.3 is 10.2 Å². The number of benzene rings is 2. The molecule has 0 fully saturated rings. The molecule has 120 valence electrons. The third-order valence-electron chi connectivity index (χ3n) is 3.00. The lowest BCUT2D eigenvalue weighted by atomic mass is 10.2. The van der Waals surface area contributed by atoms with Crippen LogP contribution in [0, 0.1) is 11.6 Å². The van der Waals surface area contributed by atoms with Gasteiger partial charge in [-0.3, -0.25) is 9.59 Å². The van der Waals surface area contributed by atoms with Gasteiger partial charge in [0.2, 0.25) is 5.91 Å². The van der Waals surface area contributed by atoms with E-state index in [-0.39, 0.29) is 12.1 Å². The molecule has 0 radical (unpaired) electrons. The lowest BCUT2D eigenvalue weighted by molar-refractivity contribution is -0.116. The second-order valence-corrected chi connectivity index (χ2v) is 5.28. The minimum absolute atomic E-state index is 0.290. The maximum Gasteiger partial charge on any atom is 0.257 e. The summed E-state index contributed by atoms with van der Waals surface area (Å²) >= 11 is 5.81. The van der Waals surface area contributed by atoms with Crippen LogP contribution in [0.4, 0.5) is 14.5 Å². The van der Waals surface area contributed by atoms with E-state index < -0.39 is 23.4 Å². The lowest BCUT2D eigenvalue weighted by Gasteiger charge is -2.17. The summed E-state index contributed by atoms with van der Waals surface area (Å²) in [5.74, 6) is -2.94. The van der Waals surface area contributed by atoms with Crippen LogP contribution in [0.15, 0.2) is 42.5 Å². The van der Waals surface area contributed by atoms with E-state index in [0.29, 0.717) is 16.8 Å². The van der Waals surface area contributed by atoms with E-state index in [9.17, 15) is 18.4 Å². The van der Waals surface area contributed by atoms with Crippen LogP contribution < -0.4 is 5.32 Å². The predicted molar refractivity (Wildman–Crippen MR) is 83.4 cm³/mol. The van der Waals surface area contributed by atoms with Crippen molar-refractivity contribution in [3.05, 3.63) is 64.7 Å². The molecule has 0 aliphatic heterocycles. The average molecular weight is 339 g/mol. The topological polar surface area (TPSA) is 49.4 Å². The van der Waals surface area contributed by atoms with Crippen LogP contribution in [0.25, 0.3) is 0 Å². The van der Waals surface area contributed by atoms with E-state index in [0.717, 1.165) is 17.0 Å². The van der Waals surface area contributed by atoms with Crippen molar-refractivity contribution in [1.82, 2.24) is 4.90 Å². The van der Waals surface area contributed by atoms with Crippen LogP contribution in [0.1, 0.15) is 10.4 Å². The molecule has 7 heteroatoms. The highest BCUT2D eigenvalue weighted by Gasteiger charge is 2.19. The van der Waals surface area contributed by atoms with Gasteiger partial charge in [0.1, 0.15) is 11.6 Å².